The van der Waals surface area contributed by atoms with Crippen LogP contribution in [0.3, 0.4) is 0 Å². The summed E-state index contributed by atoms with van der Waals surface area (Å²) in [5.41, 5.74) is 0.710. The zero-order valence-corrected chi connectivity index (χ0v) is 13.5. The van der Waals surface area contributed by atoms with Crippen LogP contribution in [0.1, 0.15) is 18.9 Å². The van der Waals surface area contributed by atoms with Crippen LogP contribution in [0.4, 0.5) is 0 Å². The fraction of sp³-hybridized carbons (Fsp3) is 0.375. The van der Waals surface area contributed by atoms with Crippen LogP contribution in [0.25, 0.3) is 6.08 Å². The molecule has 0 bridgehead atoms. The molecule has 7 heteroatoms. The molecule has 1 aromatic rings. The number of halogens is 1. The lowest BCUT2D eigenvalue weighted by Gasteiger charge is -2.20. The summed E-state index contributed by atoms with van der Waals surface area (Å²) in [7, 11) is 0. The smallest absolute Gasteiger partial charge is 0.305 e. The molecule has 1 heterocycles. The number of fused-ring (bicyclic) bond motifs is 1. The Morgan fingerprint density at radius 2 is 2.09 bits per heavy atom. The molecule has 1 aliphatic heterocycles. The van der Waals surface area contributed by atoms with Gasteiger partial charge in [0, 0.05) is 19.2 Å². The minimum atomic E-state index is -0.932. The van der Waals surface area contributed by atoms with Crippen LogP contribution in [0.15, 0.2) is 18.2 Å². The summed E-state index contributed by atoms with van der Waals surface area (Å²) in [6.07, 6.45) is 2.94. The van der Waals surface area contributed by atoms with Crippen molar-refractivity contribution in [1.82, 2.24) is 4.90 Å². The highest BCUT2D eigenvalue weighted by molar-refractivity contribution is 6.32. The minimum Gasteiger partial charge on any atom is -0.486 e. The highest BCUT2D eigenvalue weighted by atomic mass is 35.5. The number of rotatable bonds is 6. The molecule has 0 saturated carbocycles. The van der Waals surface area contributed by atoms with E-state index in [1.165, 1.54) is 11.0 Å². The number of nitrogens with zero attached hydrogens (tertiary/aromatic N) is 1. The van der Waals surface area contributed by atoms with Crippen molar-refractivity contribution in [2.24, 2.45) is 0 Å². The van der Waals surface area contributed by atoms with Crippen LogP contribution in [0.5, 0.6) is 11.5 Å². The van der Waals surface area contributed by atoms with Crippen molar-refractivity contribution in [2.75, 3.05) is 26.3 Å². The van der Waals surface area contributed by atoms with Crippen molar-refractivity contribution in [3.63, 3.8) is 0 Å². The molecule has 0 atom stereocenters. The Hall–Kier alpha value is -2.21. The van der Waals surface area contributed by atoms with Crippen LogP contribution in [0, 0.1) is 0 Å². The van der Waals surface area contributed by atoms with E-state index in [0.717, 1.165) is 0 Å². The number of carboxylic acid groups (broad SMARTS) is 1. The fourth-order valence-electron chi connectivity index (χ4n) is 2.15. The molecule has 0 saturated heterocycles. The molecule has 1 aromatic carbocycles. The molecule has 1 amide bonds. The van der Waals surface area contributed by atoms with E-state index in [4.69, 9.17) is 26.2 Å². The molecule has 0 fully saturated rings. The van der Waals surface area contributed by atoms with Crippen molar-refractivity contribution >= 4 is 29.6 Å². The molecule has 0 radical (unpaired) electrons. The third kappa shape index (κ3) is 4.63. The molecule has 0 unspecified atom stereocenters. The maximum absolute atomic E-state index is 12.1. The number of carbonyl (C=O) groups is 2. The van der Waals surface area contributed by atoms with Gasteiger partial charge in [-0.2, -0.15) is 0 Å². The van der Waals surface area contributed by atoms with Gasteiger partial charge in [-0.1, -0.05) is 11.6 Å². The molecule has 2 rings (SSSR count). The van der Waals surface area contributed by atoms with Gasteiger partial charge in [-0.15, -0.1) is 0 Å². The second-order valence-electron chi connectivity index (χ2n) is 4.92. The van der Waals surface area contributed by atoms with Gasteiger partial charge >= 0.3 is 5.97 Å². The second-order valence-corrected chi connectivity index (χ2v) is 5.33. The summed E-state index contributed by atoms with van der Waals surface area (Å²) in [5, 5.41) is 9.12. The monoisotopic (exact) mass is 339 g/mol. The van der Waals surface area contributed by atoms with Crippen LogP contribution >= 0.6 is 11.6 Å². The van der Waals surface area contributed by atoms with E-state index in [2.05, 4.69) is 0 Å². The summed E-state index contributed by atoms with van der Waals surface area (Å²) in [5.74, 6) is -0.120. The Morgan fingerprint density at radius 1 is 1.35 bits per heavy atom. The Morgan fingerprint density at radius 3 is 2.78 bits per heavy atom. The lowest BCUT2D eigenvalue weighted by molar-refractivity contribution is -0.137. The fourth-order valence-corrected chi connectivity index (χ4v) is 2.43. The first-order chi connectivity index (χ1) is 11.0. The van der Waals surface area contributed by atoms with Gasteiger partial charge in [0.2, 0.25) is 5.91 Å². The second kappa shape index (κ2) is 7.87. The van der Waals surface area contributed by atoms with Gasteiger partial charge in [0.05, 0.1) is 11.4 Å². The molecule has 1 N–H and O–H groups in total. The molecule has 0 aromatic heterocycles. The minimum absolute atomic E-state index is 0.0801. The number of carbonyl (C=O) groups excluding carboxylic acids is 1. The Kier molecular flexibility index (Phi) is 5.87. The summed E-state index contributed by atoms with van der Waals surface area (Å²) in [6, 6.07) is 3.43. The van der Waals surface area contributed by atoms with Crippen LogP contribution in [0.2, 0.25) is 5.02 Å². The van der Waals surface area contributed by atoms with E-state index in [1.54, 1.807) is 25.1 Å². The number of carboxylic acids is 1. The highest BCUT2D eigenvalue weighted by Crippen LogP contribution is 2.38. The summed E-state index contributed by atoms with van der Waals surface area (Å²) < 4.78 is 10.9. The summed E-state index contributed by atoms with van der Waals surface area (Å²) >= 11 is 6.14. The summed E-state index contributed by atoms with van der Waals surface area (Å²) in [6.45, 7) is 3.33. The van der Waals surface area contributed by atoms with Gasteiger partial charge in [-0.25, -0.2) is 0 Å². The van der Waals surface area contributed by atoms with E-state index in [-0.39, 0.29) is 18.9 Å². The lowest BCUT2D eigenvalue weighted by Crippen LogP contribution is -2.31. The van der Waals surface area contributed by atoms with Gasteiger partial charge in [-0.3, -0.25) is 9.59 Å². The maximum Gasteiger partial charge on any atom is 0.305 e. The maximum atomic E-state index is 12.1. The van der Waals surface area contributed by atoms with Crippen LogP contribution < -0.4 is 9.47 Å². The number of likely N-dealkylation sites (N-methyl/N-ethyl adjacent to an activating group) is 1. The van der Waals surface area contributed by atoms with E-state index < -0.39 is 5.97 Å². The van der Waals surface area contributed by atoms with Gasteiger partial charge < -0.3 is 19.5 Å². The van der Waals surface area contributed by atoms with Crippen molar-refractivity contribution in [1.29, 1.82) is 0 Å². The van der Waals surface area contributed by atoms with Crippen LogP contribution in [-0.4, -0.2) is 48.2 Å². The van der Waals surface area contributed by atoms with Gasteiger partial charge in [0.1, 0.15) is 13.2 Å². The third-order valence-corrected chi connectivity index (χ3v) is 3.61. The Balaban J connectivity index is 2.08. The molecular formula is C16H18ClNO5. The van der Waals surface area contributed by atoms with Crippen molar-refractivity contribution < 1.29 is 24.2 Å². The van der Waals surface area contributed by atoms with Crippen LogP contribution in [-0.2, 0) is 9.59 Å². The molecule has 0 aliphatic carbocycles. The molecule has 23 heavy (non-hydrogen) atoms. The molecule has 6 nitrogen and oxygen atoms in total. The van der Waals surface area contributed by atoms with E-state index in [0.29, 0.717) is 41.8 Å². The van der Waals surface area contributed by atoms with E-state index >= 15 is 0 Å². The largest absolute Gasteiger partial charge is 0.486 e. The number of benzene rings is 1. The topological polar surface area (TPSA) is 76.1 Å². The molecule has 0 spiro atoms. The Labute approximate surface area is 139 Å². The average Bonchev–Trinajstić information content (AvgIpc) is 2.53. The number of aliphatic carboxylic acids is 1. The quantitative estimate of drug-likeness (QED) is 0.806. The van der Waals surface area contributed by atoms with Crippen molar-refractivity contribution in [3.8, 4) is 11.5 Å². The van der Waals surface area contributed by atoms with E-state index in [1.807, 2.05) is 0 Å². The first-order valence-electron chi connectivity index (χ1n) is 7.29. The molecule has 124 valence electrons. The predicted octanol–water partition coefficient (Wildman–Crippen LogP) is 2.45. The number of hydrogen-bond acceptors (Lipinski definition) is 4. The standard InChI is InChI=1S/C16H18ClNO5/c1-2-18(6-5-15(20)21)14(19)4-3-11-9-12(17)16-13(10-11)22-7-8-23-16/h3-4,9-10H,2,5-8H2,1H3,(H,20,21)/b4-3+. The van der Waals surface area contributed by atoms with Crippen molar-refractivity contribution in [2.45, 2.75) is 13.3 Å². The third-order valence-electron chi connectivity index (χ3n) is 3.33. The summed E-state index contributed by atoms with van der Waals surface area (Å²) in [4.78, 5) is 24.2. The normalized spacial score (nSPS) is 13.1. The van der Waals surface area contributed by atoms with Crippen molar-refractivity contribution in [3.05, 3.63) is 28.8 Å². The number of ether oxygens (including phenoxy) is 2. The number of amides is 1. The van der Waals surface area contributed by atoms with E-state index in [9.17, 15) is 9.59 Å². The zero-order chi connectivity index (χ0) is 16.8. The molecule has 1 aliphatic rings. The van der Waals surface area contributed by atoms with Gasteiger partial charge in [0.15, 0.2) is 11.5 Å². The highest BCUT2D eigenvalue weighted by Gasteiger charge is 2.16. The lowest BCUT2D eigenvalue weighted by atomic mass is 10.1. The SMILES string of the molecule is CCN(CCC(=O)O)C(=O)/C=C/c1cc(Cl)c2c(c1)OCCO2. The zero-order valence-electron chi connectivity index (χ0n) is 12.8. The first kappa shape index (κ1) is 17.1. The van der Waals surface area contributed by atoms with Gasteiger partial charge in [-0.05, 0) is 30.7 Å². The number of hydrogen-bond donors (Lipinski definition) is 1. The molecular weight excluding hydrogens is 322 g/mol. The Bertz CT molecular complexity index is 629. The first-order valence-corrected chi connectivity index (χ1v) is 7.67. The van der Waals surface area contributed by atoms with Gasteiger partial charge in [0.25, 0.3) is 0 Å². The predicted molar refractivity (Wildman–Crippen MR) is 86.0 cm³/mol. The average molecular weight is 340 g/mol.